The minimum Gasteiger partial charge on any atom is -0.383 e. The van der Waals surface area contributed by atoms with Crippen LogP contribution in [-0.2, 0) is 11.2 Å². The minimum atomic E-state index is -0.0727. The van der Waals surface area contributed by atoms with E-state index in [4.69, 9.17) is 5.73 Å². The summed E-state index contributed by atoms with van der Waals surface area (Å²) in [7, 11) is 0. The summed E-state index contributed by atoms with van der Waals surface area (Å²) in [5, 5.41) is 6.43. The number of nitrogen functional groups attached to an aromatic ring is 1. The van der Waals surface area contributed by atoms with E-state index in [-0.39, 0.29) is 17.7 Å². The fourth-order valence-electron chi connectivity index (χ4n) is 4.68. The molecule has 2 amide bonds. The number of nitrogens with one attached hydrogen (secondary N) is 1. The summed E-state index contributed by atoms with van der Waals surface area (Å²) in [5.74, 6) is 1.21. The fourth-order valence-corrected chi connectivity index (χ4v) is 4.68. The number of nitrogens with two attached hydrogens (primary N) is 1. The SMILES string of the molecule is Nc1[nH]ncc1C(=O)N1C[C@@H]2CN(C(=O)C3Cc4ccccc43)C[C@@H]2C1. The van der Waals surface area contributed by atoms with Crippen molar-refractivity contribution in [1.82, 2.24) is 20.0 Å². The Bertz CT molecular complexity index is 878. The van der Waals surface area contributed by atoms with Gasteiger partial charge in [0.2, 0.25) is 5.91 Å². The topological polar surface area (TPSA) is 95.3 Å². The van der Waals surface area contributed by atoms with Gasteiger partial charge in [-0.15, -0.1) is 0 Å². The molecule has 3 aliphatic rings. The third-order valence-electron chi connectivity index (χ3n) is 6.14. The monoisotopic (exact) mass is 351 g/mol. The molecule has 2 aliphatic heterocycles. The maximum Gasteiger partial charge on any atom is 0.259 e. The van der Waals surface area contributed by atoms with Gasteiger partial charge >= 0.3 is 0 Å². The van der Waals surface area contributed by atoms with E-state index in [0.29, 0.717) is 36.3 Å². The molecule has 1 aromatic heterocycles. The van der Waals surface area contributed by atoms with Crippen molar-refractivity contribution in [3.05, 3.63) is 47.2 Å². The second-order valence-corrected chi connectivity index (χ2v) is 7.63. The Morgan fingerprint density at radius 1 is 1.08 bits per heavy atom. The maximum atomic E-state index is 12.9. The quantitative estimate of drug-likeness (QED) is 0.839. The zero-order valence-electron chi connectivity index (χ0n) is 14.4. The summed E-state index contributed by atoms with van der Waals surface area (Å²) in [6.45, 7) is 2.85. The first-order valence-corrected chi connectivity index (χ1v) is 9.06. The maximum absolute atomic E-state index is 12.9. The summed E-state index contributed by atoms with van der Waals surface area (Å²) in [6.07, 6.45) is 2.33. The zero-order chi connectivity index (χ0) is 17.8. The van der Waals surface area contributed by atoms with Crippen LogP contribution in [0.2, 0.25) is 0 Å². The molecule has 3 heterocycles. The third kappa shape index (κ3) is 2.23. The van der Waals surface area contributed by atoms with Crippen molar-refractivity contribution in [2.24, 2.45) is 11.8 Å². The Hall–Kier alpha value is -2.83. The molecular weight excluding hydrogens is 330 g/mol. The molecule has 1 aromatic carbocycles. The van der Waals surface area contributed by atoms with E-state index in [2.05, 4.69) is 22.3 Å². The van der Waals surface area contributed by atoms with Crippen LogP contribution < -0.4 is 5.73 Å². The van der Waals surface area contributed by atoms with Crippen molar-refractivity contribution in [2.45, 2.75) is 12.3 Å². The standard InChI is InChI=1S/C19H21N5O2/c20-17-16(6-21-22-17)19(26)24-9-12-7-23(8-13(12)10-24)18(25)15-5-11-3-1-2-4-14(11)15/h1-4,6,12-13,15H,5,7-10H2,(H3,20,21,22)/t12-,13+,15?. The highest BCUT2D eigenvalue weighted by Crippen LogP contribution is 2.39. The predicted molar refractivity (Wildman–Crippen MR) is 95.4 cm³/mol. The van der Waals surface area contributed by atoms with Crippen LogP contribution in [0.25, 0.3) is 0 Å². The molecule has 1 aliphatic carbocycles. The molecular formula is C19H21N5O2. The summed E-state index contributed by atoms with van der Waals surface area (Å²) < 4.78 is 0. The molecule has 3 N–H and O–H groups in total. The van der Waals surface area contributed by atoms with E-state index in [9.17, 15) is 9.59 Å². The molecule has 5 rings (SSSR count). The van der Waals surface area contributed by atoms with Crippen LogP contribution in [0.15, 0.2) is 30.5 Å². The van der Waals surface area contributed by atoms with Crippen molar-refractivity contribution >= 4 is 17.6 Å². The van der Waals surface area contributed by atoms with Crippen molar-refractivity contribution in [3.63, 3.8) is 0 Å². The number of aromatic amines is 1. The second kappa shape index (κ2) is 5.59. The van der Waals surface area contributed by atoms with Crippen LogP contribution >= 0.6 is 0 Å². The predicted octanol–water partition coefficient (Wildman–Crippen LogP) is 0.862. The van der Waals surface area contributed by atoms with Crippen molar-refractivity contribution in [3.8, 4) is 0 Å². The summed E-state index contributed by atoms with van der Waals surface area (Å²) in [6, 6.07) is 8.19. The van der Waals surface area contributed by atoms with Gasteiger partial charge in [0, 0.05) is 38.0 Å². The van der Waals surface area contributed by atoms with Gasteiger partial charge in [0.25, 0.3) is 5.91 Å². The number of fused-ring (bicyclic) bond motifs is 2. The summed E-state index contributed by atoms with van der Waals surface area (Å²) in [5.41, 5.74) is 8.67. The van der Waals surface area contributed by atoms with Crippen molar-refractivity contribution in [2.75, 3.05) is 31.9 Å². The Morgan fingerprint density at radius 3 is 2.42 bits per heavy atom. The van der Waals surface area contributed by atoms with Crippen LogP contribution in [0.1, 0.15) is 27.4 Å². The number of hydrogen-bond donors (Lipinski definition) is 2. The van der Waals surface area contributed by atoms with Gasteiger partial charge in [-0.1, -0.05) is 24.3 Å². The number of likely N-dealkylation sites (tertiary alicyclic amines) is 2. The van der Waals surface area contributed by atoms with Gasteiger partial charge in [0.05, 0.1) is 12.1 Å². The van der Waals surface area contributed by atoms with E-state index in [1.165, 1.54) is 17.3 Å². The number of hydrogen-bond acceptors (Lipinski definition) is 4. The highest BCUT2D eigenvalue weighted by atomic mass is 16.2. The minimum absolute atomic E-state index is 0.0218. The van der Waals surface area contributed by atoms with Gasteiger partial charge in [-0.25, -0.2) is 0 Å². The number of anilines is 1. The van der Waals surface area contributed by atoms with E-state index in [1.807, 2.05) is 21.9 Å². The van der Waals surface area contributed by atoms with E-state index in [1.54, 1.807) is 0 Å². The van der Waals surface area contributed by atoms with Crippen molar-refractivity contribution < 1.29 is 9.59 Å². The lowest BCUT2D eigenvalue weighted by Gasteiger charge is -2.33. The smallest absolute Gasteiger partial charge is 0.259 e. The van der Waals surface area contributed by atoms with Gasteiger partial charge < -0.3 is 15.5 Å². The average molecular weight is 351 g/mol. The number of carbonyl (C=O) groups excluding carboxylic acids is 2. The first kappa shape index (κ1) is 15.4. The number of amides is 2. The summed E-state index contributed by atoms with van der Waals surface area (Å²) >= 11 is 0. The molecule has 0 saturated carbocycles. The van der Waals surface area contributed by atoms with E-state index in [0.717, 1.165) is 19.5 Å². The molecule has 7 nitrogen and oxygen atoms in total. The van der Waals surface area contributed by atoms with Gasteiger partial charge in [-0.05, 0) is 17.5 Å². The van der Waals surface area contributed by atoms with Crippen LogP contribution in [-0.4, -0.2) is 58.0 Å². The summed E-state index contributed by atoms with van der Waals surface area (Å²) in [4.78, 5) is 29.3. The second-order valence-electron chi connectivity index (χ2n) is 7.63. The molecule has 0 bridgehead atoms. The fraction of sp³-hybridized carbons (Fsp3) is 0.421. The lowest BCUT2D eigenvalue weighted by Crippen LogP contribution is -2.40. The molecule has 2 aromatic rings. The number of H-pyrrole nitrogens is 1. The van der Waals surface area contributed by atoms with E-state index >= 15 is 0 Å². The van der Waals surface area contributed by atoms with Crippen LogP contribution in [0.4, 0.5) is 5.82 Å². The molecule has 0 spiro atoms. The molecule has 3 atom stereocenters. The highest BCUT2D eigenvalue weighted by molar-refractivity contribution is 5.98. The van der Waals surface area contributed by atoms with Gasteiger partial charge in [-0.3, -0.25) is 14.7 Å². The van der Waals surface area contributed by atoms with Crippen LogP contribution in [0.5, 0.6) is 0 Å². The van der Waals surface area contributed by atoms with Gasteiger partial charge in [0.15, 0.2) is 0 Å². The first-order valence-electron chi connectivity index (χ1n) is 9.06. The Kier molecular flexibility index (Phi) is 3.32. The normalized spacial score (nSPS) is 26.4. The molecule has 0 radical (unpaired) electrons. The number of nitrogens with zero attached hydrogens (tertiary/aromatic N) is 3. The largest absolute Gasteiger partial charge is 0.383 e. The van der Waals surface area contributed by atoms with Crippen LogP contribution in [0, 0.1) is 11.8 Å². The molecule has 7 heteroatoms. The first-order chi connectivity index (χ1) is 12.6. The van der Waals surface area contributed by atoms with E-state index < -0.39 is 0 Å². The number of carbonyl (C=O) groups is 2. The highest BCUT2D eigenvalue weighted by Gasteiger charge is 2.45. The lowest BCUT2D eigenvalue weighted by molar-refractivity contribution is -0.132. The Balaban J connectivity index is 1.23. The van der Waals surface area contributed by atoms with Gasteiger partial charge in [-0.2, -0.15) is 5.10 Å². The Morgan fingerprint density at radius 2 is 1.77 bits per heavy atom. The van der Waals surface area contributed by atoms with Crippen LogP contribution in [0.3, 0.4) is 0 Å². The molecule has 1 unspecified atom stereocenters. The third-order valence-corrected chi connectivity index (χ3v) is 6.14. The number of benzene rings is 1. The molecule has 2 fully saturated rings. The average Bonchev–Trinajstić information content (AvgIpc) is 3.29. The molecule has 134 valence electrons. The molecule has 26 heavy (non-hydrogen) atoms. The lowest BCUT2D eigenvalue weighted by atomic mass is 9.77. The zero-order valence-corrected chi connectivity index (χ0v) is 14.4. The van der Waals surface area contributed by atoms with Gasteiger partial charge in [0.1, 0.15) is 11.4 Å². The molecule has 2 saturated heterocycles. The Labute approximate surface area is 151 Å². The number of aromatic nitrogens is 2. The number of rotatable bonds is 2. The van der Waals surface area contributed by atoms with Crippen molar-refractivity contribution in [1.29, 1.82) is 0 Å².